The highest BCUT2D eigenvalue weighted by Crippen LogP contribution is 2.28. The van der Waals surface area contributed by atoms with Crippen LogP contribution in [0.25, 0.3) is 0 Å². The van der Waals surface area contributed by atoms with Crippen LogP contribution in [-0.4, -0.2) is 52.3 Å². The number of primary amides is 1. The maximum Gasteiger partial charge on any atom is 0.333 e. The number of sulfonamides is 1. The number of carboxylic acids is 1. The van der Waals surface area contributed by atoms with Crippen molar-refractivity contribution < 1.29 is 27.9 Å². The normalized spacial score (nSPS) is 11.9. The SMILES string of the molecule is NC(=O)N(c1cnc(Nc2ccc(S(N)(=O)=O)cc2)[nH]c1=O)C(C(=O)O)c1csc(NC(=O)CCl)n1. The first-order valence-electron chi connectivity index (χ1n) is 9.52. The standard InChI is InChI=1S/C18H17ClN8O7S2/c19-5-12(28)25-18-24-10(7-35-18)13(15(30)31)27(16(20)32)11-6-22-17(26-14(11)29)23-8-1-3-9(4-2-8)36(21,33)34/h1-4,6-7,13H,5H2,(H2,20,32)(H,30,31)(H2,21,33,34)(H,24,25,28)(H2,22,23,26,29). The van der Waals surface area contributed by atoms with Crippen molar-refractivity contribution in [1.29, 1.82) is 0 Å². The van der Waals surface area contributed by atoms with Crippen LogP contribution in [0.15, 0.2) is 45.5 Å². The Balaban J connectivity index is 1.91. The number of aliphatic carboxylic acids is 1. The van der Waals surface area contributed by atoms with E-state index < -0.39 is 45.2 Å². The zero-order valence-corrected chi connectivity index (χ0v) is 20.2. The minimum atomic E-state index is -3.90. The minimum Gasteiger partial charge on any atom is -0.479 e. The number of rotatable bonds is 9. The lowest BCUT2D eigenvalue weighted by atomic mass is 10.2. The number of nitrogens with zero attached hydrogens (tertiary/aromatic N) is 3. The Morgan fingerprint density at radius 2 is 1.92 bits per heavy atom. The first-order chi connectivity index (χ1) is 16.9. The monoisotopic (exact) mass is 556 g/mol. The fourth-order valence-corrected chi connectivity index (χ4v) is 4.19. The second kappa shape index (κ2) is 10.7. The molecule has 0 fully saturated rings. The minimum absolute atomic E-state index is 0.0198. The van der Waals surface area contributed by atoms with Crippen LogP contribution in [0.3, 0.4) is 0 Å². The molecule has 1 aromatic carbocycles. The molecule has 0 aliphatic heterocycles. The summed E-state index contributed by atoms with van der Waals surface area (Å²) >= 11 is 6.29. The lowest BCUT2D eigenvalue weighted by molar-refractivity contribution is -0.138. The van der Waals surface area contributed by atoms with Gasteiger partial charge in [0.2, 0.25) is 21.9 Å². The Labute approximate surface area is 211 Å². The average Bonchev–Trinajstić information content (AvgIpc) is 3.24. The molecule has 8 N–H and O–H groups in total. The largest absolute Gasteiger partial charge is 0.479 e. The highest BCUT2D eigenvalue weighted by Gasteiger charge is 2.35. The van der Waals surface area contributed by atoms with Gasteiger partial charge in [-0.25, -0.2) is 33.1 Å². The Kier molecular flexibility index (Phi) is 7.88. The number of H-pyrrole nitrogens is 1. The van der Waals surface area contributed by atoms with Crippen molar-refractivity contribution in [2.24, 2.45) is 10.9 Å². The van der Waals surface area contributed by atoms with E-state index in [-0.39, 0.29) is 27.5 Å². The number of carbonyl (C=O) groups is 3. The fourth-order valence-electron chi connectivity index (χ4n) is 2.86. The van der Waals surface area contributed by atoms with Gasteiger partial charge >= 0.3 is 12.0 Å². The van der Waals surface area contributed by atoms with Crippen molar-refractivity contribution in [3.63, 3.8) is 0 Å². The number of anilines is 4. The number of carbonyl (C=O) groups excluding carboxylic acids is 2. The molecular formula is C18H17ClN8O7S2. The Hall–Kier alpha value is -4.06. The van der Waals surface area contributed by atoms with Gasteiger partial charge in [-0.15, -0.1) is 22.9 Å². The van der Waals surface area contributed by atoms with Crippen molar-refractivity contribution in [2.45, 2.75) is 10.9 Å². The smallest absolute Gasteiger partial charge is 0.333 e. The number of hydrogen-bond acceptors (Lipinski definition) is 10. The molecule has 190 valence electrons. The number of primary sulfonamides is 1. The number of aromatic amines is 1. The Bertz CT molecular complexity index is 1470. The summed E-state index contributed by atoms with van der Waals surface area (Å²) in [5.41, 5.74) is 4.12. The first-order valence-corrected chi connectivity index (χ1v) is 12.5. The number of amides is 3. The second-order valence-electron chi connectivity index (χ2n) is 6.85. The molecule has 0 aliphatic rings. The summed E-state index contributed by atoms with van der Waals surface area (Å²) in [6.45, 7) is 0. The molecule has 1 unspecified atom stereocenters. The number of carboxylic acid groups (broad SMARTS) is 1. The quantitative estimate of drug-likeness (QED) is 0.199. The topological polar surface area (TPSA) is 244 Å². The van der Waals surface area contributed by atoms with Crippen LogP contribution in [0.5, 0.6) is 0 Å². The number of nitrogens with one attached hydrogen (secondary N) is 3. The molecule has 3 amide bonds. The number of nitrogens with two attached hydrogens (primary N) is 2. The van der Waals surface area contributed by atoms with Gasteiger partial charge in [0.25, 0.3) is 5.56 Å². The van der Waals surface area contributed by atoms with Crippen molar-refractivity contribution in [3.8, 4) is 0 Å². The molecule has 0 saturated heterocycles. The molecule has 0 radical (unpaired) electrons. The van der Waals surface area contributed by atoms with Gasteiger partial charge in [-0.1, -0.05) is 0 Å². The molecule has 1 atom stereocenters. The van der Waals surface area contributed by atoms with Crippen LogP contribution in [0.1, 0.15) is 11.7 Å². The van der Waals surface area contributed by atoms with Crippen molar-refractivity contribution >= 4 is 73.3 Å². The van der Waals surface area contributed by atoms with E-state index in [2.05, 4.69) is 25.6 Å². The van der Waals surface area contributed by atoms with E-state index in [0.717, 1.165) is 17.5 Å². The average molecular weight is 557 g/mol. The van der Waals surface area contributed by atoms with Crippen LogP contribution in [0.2, 0.25) is 0 Å². The van der Waals surface area contributed by atoms with Gasteiger partial charge in [0.1, 0.15) is 11.6 Å². The zero-order valence-electron chi connectivity index (χ0n) is 17.8. The third kappa shape index (κ3) is 6.13. The van der Waals surface area contributed by atoms with Crippen molar-refractivity contribution in [1.82, 2.24) is 15.0 Å². The summed E-state index contributed by atoms with van der Waals surface area (Å²) < 4.78 is 22.7. The summed E-state index contributed by atoms with van der Waals surface area (Å²) in [6, 6.07) is 2.09. The third-order valence-electron chi connectivity index (χ3n) is 4.39. The predicted molar refractivity (Wildman–Crippen MR) is 130 cm³/mol. The maximum atomic E-state index is 12.7. The number of hydrogen-bond donors (Lipinski definition) is 6. The summed E-state index contributed by atoms with van der Waals surface area (Å²) in [6.07, 6.45) is 0.920. The molecule has 2 aromatic heterocycles. The molecule has 18 heteroatoms. The second-order valence-corrected chi connectivity index (χ2v) is 9.54. The molecule has 36 heavy (non-hydrogen) atoms. The third-order valence-corrected chi connectivity index (χ3v) is 6.33. The molecule has 15 nitrogen and oxygen atoms in total. The molecular weight excluding hydrogens is 540 g/mol. The summed E-state index contributed by atoms with van der Waals surface area (Å²) in [5.74, 6) is -2.62. The summed E-state index contributed by atoms with van der Waals surface area (Å²) in [7, 11) is -3.90. The highest BCUT2D eigenvalue weighted by atomic mass is 35.5. The Morgan fingerprint density at radius 3 is 2.44 bits per heavy atom. The van der Waals surface area contributed by atoms with Crippen LogP contribution >= 0.6 is 22.9 Å². The lowest BCUT2D eigenvalue weighted by Gasteiger charge is -2.25. The van der Waals surface area contributed by atoms with E-state index in [0.29, 0.717) is 10.6 Å². The van der Waals surface area contributed by atoms with E-state index in [1.165, 1.54) is 29.6 Å². The zero-order chi connectivity index (χ0) is 26.6. The number of urea groups is 1. The van der Waals surface area contributed by atoms with Gasteiger partial charge in [-0.2, -0.15) is 0 Å². The van der Waals surface area contributed by atoms with Gasteiger partial charge in [-0.3, -0.25) is 19.5 Å². The lowest BCUT2D eigenvalue weighted by Crippen LogP contribution is -2.45. The number of halogens is 1. The maximum absolute atomic E-state index is 12.7. The molecule has 0 spiro atoms. The first kappa shape index (κ1) is 26.5. The van der Waals surface area contributed by atoms with E-state index in [9.17, 15) is 32.7 Å². The van der Waals surface area contributed by atoms with Gasteiger partial charge in [-0.05, 0) is 24.3 Å². The summed E-state index contributed by atoms with van der Waals surface area (Å²) in [5, 5.41) is 21.2. The van der Waals surface area contributed by atoms with Gasteiger partial charge in [0.05, 0.1) is 16.8 Å². The number of aromatic nitrogens is 3. The predicted octanol–water partition coefficient (Wildman–Crippen LogP) is 0.506. The molecule has 2 heterocycles. The van der Waals surface area contributed by atoms with Crippen molar-refractivity contribution in [3.05, 3.63) is 51.9 Å². The molecule has 0 bridgehead atoms. The molecule has 0 aliphatic carbocycles. The number of benzene rings is 1. The van der Waals surface area contributed by atoms with Crippen LogP contribution in [0.4, 0.5) is 27.2 Å². The molecule has 3 rings (SSSR count). The molecule has 3 aromatic rings. The number of thiazole rings is 1. The van der Waals surface area contributed by atoms with Gasteiger partial charge in [0, 0.05) is 11.1 Å². The van der Waals surface area contributed by atoms with Crippen LogP contribution in [0, 0.1) is 0 Å². The number of alkyl halides is 1. The van der Waals surface area contributed by atoms with E-state index >= 15 is 0 Å². The van der Waals surface area contributed by atoms with E-state index in [1.807, 2.05) is 0 Å². The fraction of sp³-hybridized carbons (Fsp3) is 0.111. The highest BCUT2D eigenvalue weighted by molar-refractivity contribution is 7.89. The van der Waals surface area contributed by atoms with Crippen molar-refractivity contribution in [2.75, 3.05) is 21.4 Å². The van der Waals surface area contributed by atoms with E-state index in [1.54, 1.807) is 0 Å². The van der Waals surface area contributed by atoms with Gasteiger partial charge < -0.3 is 21.5 Å². The summed E-state index contributed by atoms with van der Waals surface area (Å²) in [4.78, 5) is 59.1. The Morgan fingerprint density at radius 1 is 1.25 bits per heavy atom. The van der Waals surface area contributed by atoms with Crippen LogP contribution in [-0.2, 0) is 19.6 Å². The van der Waals surface area contributed by atoms with Gasteiger partial charge in [0.15, 0.2) is 11.2 Å². The van der Waals surface area contributed by atoms with Crippen LogP contribution < -0.4 is 32.0 Å². The molecule has 0 saturated carbocycles. The van der Waals surface area contributed by atoms with E-state index in [4.69, 9.17) is 22.5 Å².